The molecule has 1 aromatic carbocycles. The summed E-state index contributed by atoms with van der Waals surface area (Å²) in [5.74, 6) is -0.460. The number of nitrogens with zero attached hydrogens (tertiary/aromatic N) is 4. The van der Waals surface area contributed by atoms with Crippen LogP contribution in [0.5, 0.6) is 0 Å². The van der Waals surface area contributed by atoms with Crippen molar-refractivity contribution < 1.29 is 18.8 Å². The molecule has 0 bridgehead atoms. The highest BCUT2D eigenvalue weighted by Crippen LogP contribution is 2.17. The van der Waals surface area contributed by atoms with Crippen LogP contribution < -0.4 is 5.43 Å². The summed E-state index contributed by atoms with van der Waals surface area (Å²) in [7, 11) is 0. The normalized spacial score (nSPS) is 17.8. The summed E-state index contributed by atoms with van der Waals surface area (Å²) in [6, 6.07) is 5.16. The molecule has 1 N–H and O–H groups in total. The molecule has 4 rings (SSSR count). The van der Waals surface area contributed by atoms with Gasteiger partial charge >= 0.3 is 0 Å². The summed E-state index contributed by atoms with van der Waals surface area (Å²) in [5, 5.41) is 3.84. The number of nitrogens with one attached hydrogen (secondary N) is 1. The fourth-order valence-corrected chi connectivity index (χ4v) is 3.09. The minimum absolute atomic E-state index is 0.0994. The standard InChI is InChI=1S/C17H17N5O4/c23-15-4-3-13(19-20-15)17(25)22-7-5-21(6-8-22)16(24)11-1-2-12-14(9-11)26-10-18-12/h1-2,9-10H,3-8H2,(H,20,23). The number of piperazine rings is 1. The SMILES string of the molecule is O=C1CCC(C(=O)N2CCN(C(=O)c3ccc4ncoc4c3)CC2)=NN1. The first-order valence-electron chi connectivity index (χ1n) is 8.39. The molecule has 2 aromatic rings. The number of amides is 3. The highest BCUT2D eigenvalue weighted by molar-refractivity contribution is 6.39. The largest absolute Gasteiger partial charge is 0.443 e. The third-order valence-electron chi connectivity index (χ3n) is 4.58. The van der Waals surface area contributed by atoms with Crippen molar-refractivity contribution in [2.24, 2.45) is 5.10 Å². The van der Waals surface area contributed by atoms with Gasteiger partial charge in [0.2, 0.25) is 5.91 Å². The van der Waals surface area contributed by atoms with Crippen LogP contribution in [0.15, 0.2) is 34.1 Å². The second-order valence-corrected chi connectivity index (χ2v) is 6.21. The molecule has 134 valence electrons. The summed E-state index contributed by atoms with van der Waals surface area (Å²) >= 11 is 0. The molecule has 0 aliphatic carbocycles. The lowest BCUT2D eigenvalue weighted by atomic mass is 10.1. The number of oxazole rings is 1. The van der Waals surface area contributed by atoms with Crippen LogP contribution in [0.4, 0.5) is 0 Å². The van der Waals surface area contributed by atoms with Crippen molar-refractivity contribution in [3.8, 4) is 0 Å². The van der Waals surface area contributed by atoms with Gasteiger partial charge in [-0.15, -0.1) is 0 Å². The van der Waals surface area contributed by atoms with Crippen molar-refractivity contribution in [3.05, 3.63) is 30.2 Å². The van der Waals surface area contributed by atoms with E-state index in [1.54, 1.807) is 28.0 Å². The molecular weight excluding hydrogens is 338 g/mol. The lowest BCUT2D eigenvalue weighted by Crippen LogP contribution is -2.52. The van der Waals surface area contributed by atoms with E-state index in [0.29, 0.717) is 55.0 Å². The fourth-order valence-electron chi connectivity index (χ4n) is 3.09. The highest BCUT2D eigenvalue weighted by atomic mass is 16.3. The molecule has 1 fully saturated rings. The Labute approximate surface area is 148 Å². The number of aromatic nitrogens is 1. The summed E-state index contributed by atoms with van der Waals surface area (Å²) < 4.78 is 5.24. The van der Waals surface area contributed by atoms with Crippen LogP contribution in [0.1, 0.15) is 23.2 Å². The Morgan fingerprint density at radius 1 is 1.04 bits per heavy atom. The van der Waals surface area contributed by atoms with Crippen molar-refractivity contribution in [2.45, 2.75) is 12.8 Å². The van der Waals surface area contributed by atoms with Crippen molar-refractivity contribution in [1.82, 2.24) is 20.2 Å². The van der Waals surface area contributed by atoms with Gasteiger partial charge in [-0.3, -0.25) is 14.4 Å². The van der Waals surface area contributed by atoms with E-state index >= 15 is 0 Å². The monoisotopic (exact) mass is 355 g/mol. The molecule has 0 saturated carbocycles. The Kier molecular flexibility index (Phi) is 4.11. The van der Waals surface area contributed by atoms with Gasteiger partial charge in [0.05, 0.1) is 0 Å². The van der Waals surface area contributed by atoms with Crippen LogP contribution in [0.25, 0.3) is 11.1 Å². The first kappa shape index (κ1) is 16.2. The van der Waals surface area contributed by atoms with Gasteiger partial charge in [-0.1, -0.05) is 0 Å². The van der Waals surface area contributed by atoms with E-state index in [1.165, 1.54) is 6.39 Å². The second kappa shape index (κ2) is 6.58. The van der Waals surface area contributed by atoms with Crippen molar-refractivity contribution in [2.75, 3.05) is 26.2 Å². The molecule has 9 nitrogen and oxygen atoms in total. The molecule has 3 amide bonds. The van der Waals surface area contributed by atoms with E-state index in [0.717, 1.165) is 0 Å². The third kappa shape index (κ3) is 3.03. The van der Waals surface area contributed by atoms with E-state index in [4.69, 9.17) is 4.42 Å². The highest BCUT2D eigenvalue weighted by Gasteiger charge is 2.28. The van der Waals surface area contributed by atoms with Crippen LogP contribution in [0.2, 0.25) is 0 Å². The molecule has 2 aliphatic rings. The number of fused-ring (bicyclic) bond motifs is 1. The predicted octanol–water partition coefficient (Wildman–Crippen LogP) is 0.378. The molecular formula is C17H17N5O4. The maximum absolute atomic E-state index is 12.7. The molecule has 2 aliphatic heterocycles. The first-order valence-corrected chi connectivity index (χ1v) is 8.39. The minimum Gasteiger partial charge on any atom is -0.443 e. The Morgan fingerprint density at radius 3 is 2.46 bits per heavy atom. The number of hydrazone groups is 1. The number of rotatable bonds is 2. The first-order chi connectivity index (χ1) is 12.6. The van der Waals surface area contributed by atoms with Gasteiger partial charge in [-0.05, 0) is 18.2 Å². The summed E-state index contributed by atoms with van der Waals surface area (Å²) in [5.41, 5.74) is 4.51. The van der Waals surface area contributed by atoms with E-state index in [9.17, 15) is 14.4 Å². The topological polar surface area (TPSA) is 108 Å². The van der Waals surface area contributed by atoms with Gasteiger partial charge in [0.15, 0.2) is 12.0 Å². The smallest absolute Gasteiger partial charge is 0.270 e. The Balaban J connectivity index is 1.39. The Hall–Kier alpha value is -3.23. The Bertz CT molecular complexity index is 911. The van der Waals surface area contributed by atoms with Crippen molar-refractivity contribution in [1.29, 1.82) is 0 Å². The third-order valence-corrected chi connectivity index (χ3v) is 4.58. The molecule has 26 heavy (non-hydrogen) atoms. The van der Waals surface area contributed by atoms with Crippen molar-refractivity contribution >= 4 is 34.5 Å². The maximum atomic E-state index is 12.7. The van der Waals surface area contributed by atoms with Crippen LogP contribution in [0, 0.1) is 0 Å². The zero-order chi connectivity index (χ0) is 18.1. The zero-order valence-corrected chi connectivity index (χ0v) is 14.0. The van der Waals surface area contributed by atoms with E-state index < -0.39 is 0 Å². The number of carbonyl (C=O) groups is 3. The van der Waals surface area contributed by atoms with Crippen molar-refractivity contribution in [3.63, 3.8) is 0 Å². The molecule has 0 radical (unpaired) electrons. The second-order valence-electron chi connectivity index (χ2n) is 6.21. The minimum atomic E-state index is -0.180. The molecule has 0 spiro atoms. The van der Waals surface area contributed by atoms with Gasteiger partial charge < -0.3 is 14.2 Å². The number of benzene rings is 1. The van der Waals surface area contributed by atoms with Gasteiger partial charge in [0.1, 0.15) is 11.2 Å². The molecule has 1 saturated heterocycles. The summed E-state index contributed by atoms with van der Waals surface area (Å²) in [6.07, 6.45) is 1.97. The van der Waals surface area contributed by atoms with Gasteiger partial charge in [-0.2, -0.15) is 5.10 Å². The molecule has 0 atom stereocenters. The average Bonchev–Trinajstić information content (AvgIpc) is 3.15. The number of hydrogen-bond donors (Lipinski definition) is 1. The lowest BCUT2D eigenvalue weighted by Gasteiger charge is -2.35. The van der Waals surface area contributed by atoms with Gasteiger partial charge in [0.25, 0.3) is 11.8 Å². The molecule has 3 heterocycles. The summed E-state index contributed by atoms with van der Waals surface area (Å²) in [6.45, 7) is 1.75. The summed E-state index contributed by atoms with van der Waals surface area (Å²) in [4.78, 5) is 43.7. The van der Waals surface area contributed by atoms with Gasteiger partial charge in [0, 0.05) is 44.6 Å². The molecule has 1 aromatic heterocycles. The zero-order valence-electron chi connectivity index (χ0n) is 14.0. The molecule has 9 heteroatoms. The maximum Gasteiger partial charge on any atom is 0.270 e. The quantitative estimate of drug-likeness (QED) is 0.838. The van der Waals surface area contributed by atoms with E-state index in [-0.39, 0.29) is 24.1 Å². The van der Waals surface area contributed by atoms with E-state index in [1.807, 2.05) is 0 Å². The van der Waals surface area contributed by atoms with Crippen LogP contribution in [-0.2, 0) is 9.59 Å². The lowest BCUT2D eigenvalue weighted by molar-refractivity contribution is -0.126. The van der Waals surface area contributed by atoms with Gasteiger partial charge in [-0.25, -0.2) is 10.4 Å². The predicted molar refractivity (Wildman–Crippen MR) is 91.3 cm³/mol. The molecule has 0 unspecified atom stereocenters. The Morgan fingerprint density at radius 2 is 1.77 bits per heavy atom. The average molecular weight is 355 g/mol. The van der Waals surface area contributed by atoms with E-state index in [2.05, 4.69) is 15.5 Å². The van der Waals surface area contributed by atoms with Crippen LogP contribution in [-0.4, -0.2) is 64.4 Å². The van der Waals surface area contributed by atoms with Crippen LogP contribution >= 0.6 is 0 Å². The fraction of sp³-hybridized carbons (Fsp3) is 0.353. The van der Waals surface area contributed by atoms with Crippen LogP contribution in [0.3, 0.4) is 0 Å². The number of carbonyl (C=O) groups excluding carboxylic acids is 3. The number of hydrogen-bond acceptors (Lipinski definition) is 6.